The molecule has 2 nitrogen and oxygen atoms in total. The summed E-state index contributed by atoms with van der Waals surface area (Å²) in [6.45, 7) is 2.05. The lowest BCUT2D eigenvalue weighted by Gasteiger charge is -2.33. The minimum absolute atomic E-state index is 0.292. The smallest absolute Gasteiger partial charge is 0.119 e. The molecule has 0 saturated carbocycles. The van der Waals surface area contributed by atoms with Crippen LogP contribution in [0.25, 0.3) is 0 Å². The van der Waals surface area contributed by atoms with Crippen LogP contribution in [0.15, 0.2) is 48.5 Å². The van der Waals surface area contributed by atoms with Crippen LogP contribution in [0.4, 0.5) is 5.69 Å². The van der Waals surface area contributed by atoms with Crippen molar-refractivity contribution >= 4 is 17.3 Å². The van der Waals surface area contributed by atoms with Gasteiger partial charge >= 0.3 is 0 Å². The van der Waals surface area contributed by atoms with Crippen molar-refractivity contribution in [1.82, 2.24) is 0 Å². The van der Waals surface area contributed by atoms with Gasteiger partial charge in [0.15, 0.2) is 0 Å². The summed E-state index contributed by atoms with van der Waals surface area (Å²) in [7, 11) is 0. The van der Waals surface area contributed by atoms with Crippen molar-refractivity contribution in [2.45, 2.75) is 18.9 Å². The van der Waals surface area contributed by atoms with E-state index in [0.717, 1.165) is 36.7 Å². The fourth-order valence-corrected chi connectivity index (χ4v) is 2.64. The first-order valence-corrected chi connectivity index (χ1v) is 7.32. The van der Waals surface area contributed by atoms with E-state index in [0.29, 0.717) is 6.10 Å². The lowest BCUT2D eigenvalue weighted by atomic mass is 10.1. The summed E-state index contributed by atoms with van der Waals surface area (Å²) in [5.41, 5.74) is 1.25. The predicted molar refractivity (Wildman–Crippen MR) is 82.6 cm³/mol. The zero-order valence-electron chi connectivity index (χ0n) is 11.3. The highest BCUT2D eigenvalue weighted by Crippen LogP contribution is 2.23. The number of hydrogen-bond acceptors (Lipinski definition) is 2. The molecular weight excluding hydrogens is 270 g/mol. The molecule has 1 radical (unpaired) electrons. The van der Waals surface area contributed by atoms with Gasteiger partial charge in [-0.15, -0.1) is 0 Å². The Bertz CT molecular complexity index is 533. The summed E-state index contributed by atoms with van der Waals surface area (Å²) in [6.07, 6.45) is 2.37. The molecule has 0 aromatic heterocycles. The molecule has 0 unspecified atom stereocenters. The Morgan fingerprint density at radius 3 is 2.50 bits per heavy atom. The van der Waals surface area contributed by atoms with Crippen LogP contribution >= 0.6 is 11.6 Å². The van der Waals surface area contributed by atoms with Crippen LogP contribution in [0.2, 0.25) is 5.02 Å². The summed E-state index contributed by atoms with van der Waals surface area (Å²) in [6, 6.07) is 18.9. The number of rotatable bonds is 3. The van der Waals surface area contributed by atoms with Crippen LogP contribution in [0.5, 0.6) is 5.75 Å². The third-order valence-corrected chi connectivity index (χ3v) is 3.87. The van der Waals surface area contributed by atoms with Gasteiger partial charge in [0, 0.05) is 36.6 Å². The van der Waals surface area contributed by atoms with Crippen molar-refractivity contribution in [3.8, 4) is 5.75 Å². The minimum Gasteiger partial charge on any atom is -0.490 e. The Morgan fingerprint density at radius 1 is 1.10 bits per heavy atom. The quantitative estimate of drug-likeness (QED) is 0.839. The number of ether oxygens (including phenoxy) is 1. The second-order valence-electron chi connectivity index (χ2n) is 5.02. The maximum atomic E-state index is 6.00. The van der Waals surface area contributed by atoms with Gasteiger partial charge in [-0.2, -0.15) is 0 Å². The fraction of sp³-hybridized carbons (Fsp3) is 0.294. The molecule has 2 aromatic carbocycles. The van der Waals surface area contributed by atoms with Crippen LogP contribution in [-0.4, -0.2) is 19.2 Å². The van der Waals surface area contributed by atoms with Gasteiger partial charge < -0.3 is 9.64 Å². The van der Waals surface area contributed by atoms with Gasteiger partial charge in [0.1, 0.15) is 11.9 Å². The van der Waals surface area contributed by atoms with Crippen molar-refractivity contribution in [2.24, 2.45) is 0 Å². The van der Waals surface area contributed by atoms with Gasteiger partial charge in [-0.25, -0.2) is 0 Å². The highest BCUT2D eigenvalue weighted by molar-refractivity contribution is 6.30. The molecule has 1 aliphatic rings. The topological polar surface area (TPSA) is 12.5 Å². The molecule has 3 rings (SSSR count). The number of hydrogen-bond donors (Lipinski definition) is 0. The molecule has 0 N–H and O–H groups in total. The molecule has 1 fully saturated rings. The first-order valence-electron chi connectivity index (χ1n) is 6.94. The standard InChI is InChI=1S/C17H17ClNO/c18-14-6-8-16(9-7-14)20-17-10-12-19(13-11-17)15-4-2-1-3-5-15/h1-2,4-9,17H,10-13H2. The molecule has 1 saturated heterocycles. The van der Waals surface area contributed by atoms with Crippen LogP contribution in [0, 0.1) is 6.07 Å². The molecule has 103 valence electrons. The first kappa shape index (κ1) is 13.3. The monoisotopic (exact) mass is 286 g/mol. The predicted octanol–water partition coefficient (Wildman–Crippen LogP) is 4.19. The van der Waals surface area contributed by atoms with Gasteiger partial charge in [0.2, 0.25) is 0 Å². The Balaban J connectivity index is 1.55. The van der Waals surface area contributed by atoms with E-state index in [1.165, 1.54) is 5.69 Å². The molecule has 0 spiro atoms. The largest absolute Gasteiger partial charge is 0.490 e. The summed E-state index contributed by atoms with van der Waals surface area (Å²) in [5.74, 6) is 0.904. The van der Waals surface area contributed by atoms with Crippen LogP contribution < -0.4 is 9.64 Å². The number of anilines is 1. The van der Waals surface area contributed by atoms with E-state index < -0.39 is 0 Å². The Hall–Kier alpha value is -1.67. The maximum absolute atomic E-state index is 6.00. The molecule has 0 bridgehead atoms. The van der Waals surface area contributed by atoms with Crippen LogP contribution in [0.3, 0.4) is 0 Å². The highest BCUT2D eigenvalue weighted by Gasteiger charge is 2.20. The second-order valence-corrected chi connectivity index (χ2v) is 5.46. The van der Waals surface area contributed by atoms with E-state index in [9.17, 15) is 0 Å². The SMILES string of the molecule is Clc1ccc(OC2CCN(c3c[c]ccc3)CC2)cc1. The number of nitrogens with zero attached hydrogens (tertiary/aromatic N) is 1. The third kappa shape index (κ3) is 3.26. The van der Waals surface area contributed by atoms with E-state index in [4.69, 9.17) is 16.3 Å². The summed E-state index contributed by atoms with van der Waals surface area (Å²) in [4.78, 5) is 2.39. The Morgan fingerprint density at radius 2 is 1.85 bits per heavy atom. The number of halogens is 1. The van der Waals surface area contributed by atoms with Gasteiger partial charge in [-0.1, -0.05) is 23.7 Å². The molecule has 0 atom stereocenters. The minimum atomic E-state index is 0.292. The van der Waals surface area contributed by atoms with Gasteiger partial charge in [-0.05, 0) is 42.5 Å². The average Bonchev–Trinajstić information content (AvgIpc) is 2.51. The van der Waals surface area contributed by atoms with E-state index in [-0.39, 0.29) is 0 Å². The summed E-state index contributed by atoms with van der Waals surface area (Å²) in [5, 5.41) is 0.743. The normalized spacial score (nSPS) is 16.1. The van der Waals surface area contributed by atoms with Crippen LogP contribution in [-0.2, 0) is 0 Å². The lowest BCUT2D eigenvalue weighted by Crippen LogP contribution is -2.38. The number of benzene rings is 2. The molecule has 2 aromatic rings. The third-order valence-electron chi connectivity index (χ3n) is 3.61. The fourth-order valence-electron chi connectivity index (χ4n) is 2.52. The van der Waals surface area contributed by atoms with Crippen molar-refractivity contribution in [3.63, 3.8) is 0 Å². The van der Waals surface area contributed by atoms with Gasteiger partial charge in [0.05, 0.1) is 0 Å². The molecule has 1 aliphatic heterocycles. The van der Waals surface area contributed by atoms with Gasteiger partial charge in [0.25, 0.3) is 0 Å². The van der Waals surface area contributed by atoms with Crippen molar-refractivity contribution in [3.05, 3.63) is 59.6 Å². The lowest BCUT2D eigenvalue weighted by molar-refractivity contribution is 0.171. The maximum Gasteiger partial charge on any atom is 0.119 e. The molecule has 20 heavy (non-hydrogen) atoms. The Kier molecular flexibility index (Phi) is 4.12. The molecule has 1 heterocycles. The summed E-state index contributed by atoms with van der Waals surface area (Å²) >= 11 is 5.88. The van der Waals surface area contributed by atoms with E-state index in [2.05, 4.69) is 17.0 Å². The van der Waals surface area contributed by atoms with Gasteiger partial charge in [-0.3, -0.25) is 0 Å². The van der Waals surface area contributed by atoms with Crippen LogP contribution in [0.1, 0.15) is 12.8 Å². The van der Waals surface area contributed by atoms with E-state index in [1.807, 2.05) is 42.5 Å². The van der Waals surface area contributed by atoms with Crippen molar-refractivity contribution < 1.29 is 4.74 Å². The Labute approximate surface area is 124 Å². The number of piperidine rings is 1. The zero-order chi connectivity index (χ0) is 13.8. The molecule has 0 amide bonds. The molecular formula is C17H17ClNO. The zero-order valence-corrected chi connectivity index (χ0v) is 12.0. The first-order chi connectivity index (χ1) is 9.81. The van der Waals surface area contributed by atoms with Crippen molar-refractivity contribution in [2.75, 3.05) is 18.0 Å². The average molecular weight is 287 g/mol. The highest BCUT2D eigenvalue weighted by atomic mass is 35.5. The van der Waals surface area contributed by atoms with E-state index >= 15 is 0 Å². The van der Waals surface area contributed by atoms with Crippen molar-refractivity contribution in [1.29, 1.82) is 0 Å². The molecule has 3 heteroatoms. The second kappa shape index (κ2) is 6.19. The summed E-state index contributed by atoms with van der Waals surface area (Å²) < 4.78 is 6.00. The molecule has 0 aliphatic carbocycles. The van der Waals surface area contributed by atoms with E-state index in [1.54, 1.807) is 0 Å².